The van der Waals surface area contributed by atoms with Gasteiger partial charge < -0.3 is 5.32 Å². The molecule has 0 amide bonds. The van der Waals surface area contributed by atoms with Crippen molar-refractivity contribution in [2.75, 3.05) is 6.54 Å². The fourth-order valence-electron chi connectivity index (χ4n) is 1.71. The average molecular weight is 309 g/mol. The van der Waals surface area contributed by atoms with Crippen molar-refractivity contribution in [3.05, 3.63) is 34.9 Å². The number of terminal acetylenes is 1. The Morgan fingerprint density at radius 2 is 1.52 bits per heavy atom. The molecule has 1 aromatic rings. The molecule has 0 aliphatic rings. The second kappa shape index (κ2) is 6.39. The Balaban J connectivity index is 3.17. The highest BCUT2D eigenvalue weighted by Gasteiger charge is 2.37. The molecule has 1 aromatic carbocycles. The molecule has 0 radical (unpaired) electrons. The Hall–Kier alpha value is -1.68. The Bertz CT molecular complexity index is 491. The Morgan fingerprint density at radius 1 is 1.05 bits per heavy atom. The van der Waals surface area contributed by atoms with E-state index in [0.717, 1.165) is 0 Å². The number of alkyl halides is 6. The Labute approximate surface area is 118 Å². The van der Waals surface area contributed by atoms with Gasteiger partial charge in [0.1, 0.15) is 0 Å². The minimum atomic E-state index is -4.84. The molecule has 116 valence electrons. The van der Waals surface area contributed by atoms with Crippen molar-refractivity contribution in [3.8, 4) is 12.3 Å². The molecule has 21 heavy (non-hydrogen) atoms. The first kappa shape index (κ1) is 17.4. The van der Waals surface area contributed by atoms with E-state index in [1.165, 1.54) is 6.92 Å². The highest BCUT2D eigenvalue weighted by Crippen LogP contribution is 2.37. The van der Waals surface area contributed by atoms with Crippen LogP contribution in [0.25, 0.3) is 0 Å². The van der Waals surface area contributed by atoms with Crippen molar-refractivity contribution in [1.82, 2.24) is 5.32 Å². The first-order chi connectivity index (χ1) is 9.55. The van der Waals surface area contributed by atoms with E-state index in [4.69, 9.17) is 6.42 Å². The molecular formula is C14H13F6N. The molecule has 1 rings (SSSR count). The molecule has 0 spiro atoms. The summed E-state index contributed by atoms with van der Waals surface area (Å²) >= 11 is 0. The molecule has 1 N–H and O–H groups in total. The van der Waals surface area contributed by atoms with Gasteiger partial charge in [0.2, 0.25) is 0 Å². The monoisotopic (exact) mass is 309 g/mol. The molecule has 1 nitrogen and oxygen atoms in total. The lowest BCUT2D eigenvalue weighted by atomic mass is 10.0. The summed E-state index contributed by atoms with van der Waals surface area (Å²) in [4.78, 5) is 0. The van der Waals surface area contributed by atoms with Crippen molar-refractivity contribution in [2.24, 2.45) is 0 Å². The average Bonchev–Trinajstić information content (AvgIpc) is 2.36. The number of nitrogens with one attached hydrogen (secondary N) is 1. The lowest BCUT2D eigenvalue weighted by Gasteiger charge is -2.18. The maximum absolute atomic E-state index is 12.7. The summed E-state index contributed by atoms with van der Waals surface area (Å²) in [6, 6.07) is 0.852. The largest absolute Gasteiger partial charge is 0.416 e. The summed E-state index contributed by atoms with van der Waals surface area (Å²) in [6.07, 6.45) is -4.32. The second-order valence-corrected chi connectivity index (χ2v) is 4.47. The number of hydrogen-bond donors (Lipinski definition) is 1. The van der Waals surface area contributed by atoms with Crippen LogP contribution in [0.2, 0.25) is 0 Å². The van der Waals surface area contributed by atoms with Crippen LogP contribution >= 0.6 is 0 Å². The van der Waals surface area contributed by atoms with Crippen LogP contribution < -0.4 is 5.32 Å². The molecule has 0 saturated heterocycles. The van der Waals surface area contributed by atoms with Crippen molar-refractivity contribution < 1.29 is 26.3 Å². The van der Waals surface area contributed by atoms with Crippen LogP contribution in [-0.2, 0) is 12.4 Å². The minimum absolute atomic E-state index is 0.0887. The molecule has 0 fully saturated rings. The van der Waals surface area contributed by atoms with Crippen LogP contribution in [0.15, 0.2) is 18.2 Å². The molecule has 0 aliphatic heterocycles. The first-order valence-corrected chi connectivity index (χ1v) is 6.02. The van der Waals surface area contributed by atoms with Crippen LogP contribution in [0.3, 0.4) is 0 Å². The fourth-order valence-corrected chi connectivity index (χ4v) is 1.71. The smallest absolute Gasteiger partial charge is 0.309 e. The zero-order chi connectivity index (χ0) is 16.3. The number of rotatable bonds is 4. The highest BCUT2D eigenvalue weighted by atomic mass is 19.4. The summed E-state index contributed by atoms with van der Waals surface area (Å²) in [5.41, 5.74) is -2.73. The molecule has 1 atom stereocenters. The standard InChI is InChI=1S/C14H13F6N/c1-3-4-5-21-9(2)10-6-11(13(15,16)17)8-12(7-10)14(18,19)20/h1,6-9,21H,4-5H2,2H3. The van der Waals surface area contributed by atoms with Crippen molar-refractivity contribution in [3.63, 3.8) is 0 Å². The van der Waals surface area contributed by atoms with Gasteiger partial charge in [0, 0.05) is 19.0 Å². The van der Waals surface area contributed by atoms with Gasteiger partial charge in [0.05, 0.1) is 11.1 Å². The summed E-state index contributed by atoms with van der Waals surface area (Å²) < 4.78 is 76.2. The molecular weight excluding hydrogens is 296 g/mol. The molecule has 0 aromatic heterocycles. The van der Waals surface area contributed by atoms with E-state index in [1.807, 2.05) is 0 Å². The van der Waals surface area contributed by atoms with Crippen LogP contribution in [0.1, 0.15) is 36.1 Å². The third-order valence-electron chi connectivity index (χ3n) is 2.83. The maximum Gasteiger partial charge on any atom is 0.416 e. The molecule has 1 unspecified atom stereocenters. The molecule has 0 heterocycles. The Morgan fingerprint density at radius 3 is 1.90 bits per heavy atom. The topological polar surface area (TPSA) is 12.0 Å². The lowest BCUT2D eigenvalue weighted by molar-refractivity contribution is -0.143. The van der Waals surface area contributed by atoms with E-state index >= 15 is 0 Å². The summed E-state index contributed by atoms with van der Waals surface area (Å²) in [5, 5.41) is 2.78. The highest BCUT2D eigenvalue weighted by molar-refractivity contribution is 5.35. The van der Waals surface area contributed by atoms with Gasteiger partial charge in [-0.05, 0) is 30.7 Å². The van der Waals surface area contributed by atoms with E-state index in [-0.39, 0.29) is 11.6 Å². The zero-order valence-electron chi connectivity index (χ0n) is 11.1. The third kappa shape index (κ3) is 4.97. The first-order valence-electron chi connectivity index (χ1n) is 6.02. The van der Waals surface area contributed by atoms with E-state index < -0.39 is 29.5 Å². The molecule has 0 saturated carbocycles. The number of benzene rings is 1. The van der Waals surface area contributed by atoms with Crippen LogP contribution in [0.5, 0.6) is 0 Å². The van der Waals surface area contributed by atoms with Crippen molar-refractivity contribution in [2.45, 2.75) is 31.7 Å². The summed E-state index contributed by atoms with van der Waals surface area (Å²) in [6.45, 7) is 1.78. The predicted molar refractivity (Wildman–Crippen MR) is 66.3 cm³/mol. The molecule has 7 heteroatoms. The fraction of sp³-hybridized carbons (Fsp3) is 0.429. The zero-order valence-corrected chi connectivity index (χ0v) is 11.1. The van der Waals surface area contributed by atoms with Gasteiger partial charge in [0.25, 0.3) is 0 Å². The number of hydrogen-bond acceptors (Lipinski definition) is 1. The summed E-state index contributed by atoms with van der Waals surface area (Å²) in [7, 11) is 0. The van der Waals surface area contributed by atoms with Gasteiger partial charge in [-0.2, -0.15) is 26.3 Å². The lowest BCUT2D eigenvalue weighted by Crippen LogP contribution is -2.21. The van der Waals surface area contributed by atoms with Crippen molar-refractivity contribution in [1.29, 1.82) is 0 Å². The molecule has 0 bridgehead atoms. The van der Waals surface area contributed by atoms with Crippen LogP contribution in [0, 0.1) is 12.3 Å². The quantitative estimate of drug-likeness (QED) is 0.494. The second-order valence-electron chi connectivity index (χ2n) is 4.47. The van der Waals surface area contributed by atoms with Crippen LogP contribution in [-0.4, -0.2) is 6.54 Å². The minimum Gasteiger partial charge on any atom is -0.309 e. The molecule has 0 aliphatic carbocycles. The van der Waals surface area contributed by atoms with Gasteiger partial charge in [-0.1, -0.05) is 0 Å². The van der Waals surface area contributed by atoms with Gasteiger partial charge in [-0.15, -0.1) is 12.3 Å². The normalized spacial score (nSPS) is 13.8. The summed E-state index contributed by atoms with van der Waals surface area (Å²) in [5.74, 6) is 2.32. The predicted octanol–water partition coefficient (Wildman–Crippen LogP) is 4.40. The SMILES string of the molecule is C#CCCNC(C)c1cc(C(F)(F)F)cc(C(F)(F)F)c1. The van der Waals surface area contributed by atoms with Gasteiger partial charge in [-0.3, -0.25) is 0 Å². The van der Waals surface area contributed by atoms with Gasteiger partial charge in [-0.25, -0.2) is 0 Å². The van der Waals surface area contributed by atoms with E-state index in [1.54, 1.807) is 0 Å². The third-order valence-corrected chi connectivity index (χ3v) is 2.83. The van der Waals surface area contributed by atoms with E-state index in [2.05, 4.69) is 11.2 Å². The Kier molecular flexibility index (Phi) is 5.29. The van der Waals surface area contributed by atoms with Crippen LogP contribution in [0.4, 0.5) is 26.3 Å². The van der Waals surface area contributed by atoms with Gasteiger partial charge >= 0.3 is 12.4 Å². The number of halogens is 6. The van der Waals surface area contributed by atoms with E-state index in [0.29, 0.717) is 25.1 Å². The maximum atomic E-state index is 12.7. The van der Waals surface area contributed by atoms with E-state index in [9.17, 15) is 26.3 Å². The van der Waals surface area contributed by atoms with Gasteiger partial charge in [0.15, 0.2) is 0 Å². The van der Waals surface area contributed by atoms with Crippen molar-refractivity contribution >= 4 is 0 Å².